The molecular weight excluding hydrogens is 480 g/mol. The van der Waals surface area contributed by atoms with Gasteiger partial charge in [0.05, 0.1) is 6.54 Å². The Hall–Kier alpha value is -2.65. The van der Waals surface area contributed by atoms with E-state index in [0.29, 0.717) is 17.5 Å². The van der Waals surface area contributed by atoms with Gasteiger partial charge >= 0.3 is 6.03 Å². The summed E-state index contributed by atoms with van der Waals surface area (Å²) in [6.07, 6.45) is 3.15. The summed E-state index contributed by atoms with van der Waals surface area (Å²) in [4.78, 5) is 29.4. The highest BCUT2D eigenvalue weighted by Crippen LogP contribution is 2.56. The van der Waals surface area contributed by atoms with E-state index in [0.717, 1.165) is 35.2 Å². The van der Waals surface area contributed by atoms with E-state index >= 15 is 0 Å². The number of nitrogens with one attached hydrogen (secondary N) is 2. The highest BCUT2D eigenvalue weighted by Gasteiger charge is 2.66. The Morgan fingerprint density at radius 3 is 2.72 bits per heavy atom. The van der Waals surface area contributed by atoms with Crippen molar-refractivity contribution in [3.8, 4) is 0 Å². The lowest BCUT2D eigenvalue weighted by Crippen LogP contribution is -2.59. The number of urea groups is 1. The Morgan fingerprint density at radius 1 is 1.22 bits per heavy atom. The SMILES string of the molecule is CNC(=O)Nc1ccc2c(c1)CC[C@@]21OC2OC1N2CC(=O)N(Cc1ccc(Cl)cc1)[C@@H](C)C1CC1. The van der Waals surface area contributed by atoms with Crippen molar-refractivity contribution >= 4 is 29.2 Å². The first kappa shape index (κ1) is 23.7. The normalized spacial score (nSPS) is 26.9. The molecule has 2 bridgehead atoms. The number of benzene rings is 2. The molecule has 8 nitrogen and oxygen atoms in total. The van der Waals surface area contributed by atoms with Crippen LogP contribution in [0.3, 0.4) is 0 Å². The van der Waals surface area contributed by atoms with Crippen LogP contribution in [0.4, 0.5) is 10.5 Å². The van der Waals surface area contributed by atoms with Gasteiger partial charge in [-0.05, 0) is 79.5 Å². The summed E-state index contributed by atoms with van der Waals surface area (Å²) in [7, 11) is 1.59. The number of hydrogen-bond donors (Lipinski definition) is 2. The van der Waals surface area contributed by atoms with E-state index in [1.54, 1.807) is 7.05 Å². The summed E-state index contributed by atoms with van der Waals surface area (Å²) >= 11 is 6.06. The molecule has 1 spiro atoms. The van der Waals surface area contributed by atoms with Crippen LogP contribution in [-0.4, -0.2) is 54.0 Å². The van der Waals surface area contributed by atoms with Crippen molar-refractivity contribution in [3.05, 3.63) is 64.2 Å². The fourth-order valence-corrected chi connectivity index (χ4v) is 5.96. The van der Waals surface area contributed by atoms with E-state index in [-0.39, 0.29) is 30.8 Å². The molecule has 3 heterocycles. The third-order valence-electron chi connectivity index (χ3n) is 8.04. The van der Waals surface area contributed by atoms with Crippen LogP contribution in [0.5, 0.6) is 0 Å². The van der Waals surface area contributed by atoms with Crippen LogP contribution in [0.1, 0.15) is 42.9 Å². The lowest BCUT2D eigenvalue weighted by atomic mass is 9.93. The number of anilines is 1. The molecule has 2 unspecified atom stereocenters. The van der Waals surface area contributed by atoms with Crippen molar-refractivity contribution < 1.29 is 19.1 Å². The van der Waals surface area contributed by atoms with Crippen LogP contribution in [-0.2, 0) is 32.8 Å². The third-order valence-corrected chi connectivity index (χ3v) is 8.29. The van der Waals surface area contributed by atoms with E-state index in [1.807, 2.05) is 52.3 Å². The molecule has 0 radical (unpaired) electrons. The van der Waals surface area contributed by atoms with Crippen LogP contribution in [0, 0.1) is 5.92 Å². The number of nitrogens with zero attached hydrogens (tertiary/aromatic N) is 2. The third kappa shape index (κ3) is 4.06. The van der Waals surface area contributed by atoms with Crippen molar-refractivity contribution in [1.29, 1.82) is 0 Å². The molecular formula is C27H31ClN4O4. The topological polar surface area (TPSA) is 83.1 Å². The van der Waals surface area contributed by atoms with Gasteiger partial charge in [-0.2, -0.15) is 0 Å². The number of ether oxygens (including phenoxy) is 2. The number of aryl methyl sites for hydroxylation is 1. The molecule has 5 aliphatic rings. The molecule has 2 aromatic carbocycles. The predicted octanol–water partition coefficient (Wildman–Crippen LogP) is 4.03. The molecule has 4 atom stereocenters. The van der Waals surface area contributed by atoms with Gasteiger partial charge < -0.3 is 25.0 Å². The molecule has 1 saturated carbocycles. The molecule has 3 saturated heterocycles. The highest BCUT2D eigenvalue weighted by molar-refractivity contribution is 6.30. The summed E-state index contributed by atoms with van der Waals surface area (Å²) < 4.78 is 12.5. The van der Waals surface area contributed by atoms with Crippen molar-refractivity contribution in [2.45, 2.75) is 63.4 Å². The Balaban J connectivity index is 1.17. The van der Waals surface area contributed by atoms with Crippen LogP contribution >= 0.6 is 11.6 Å². The fourth-order valence-electron chi connectivity index (χ4n) is 5.83. The second kappa shape index (κ2) is 9.03. The van der Waals surface area contributed by atoms with Gasteiger partial charge in [0.1, 0.15) is 5.60 Å². The smallest absolute Gasteiger partial charge is 0.318 e. The van der Waals surface area contributed by atoms with E-state index in [9.17, 15) is 9.59 Å². The highest BCUT2D eigenvalue weighted by atomic mass is 35.5. The van der Waals surface area contributed by atoms with E-state index in [1.165, 1.54) is 12.8 Å². The molecule has 190 valence electrons. The summed E-state index contributed by atoms with van der Waals surface area (Å²) in [5.74, 6) is 0.652. The summed E-state index contributed by atoms with van der Waals surface area (Å²) in [5.41, 5.74) is 3.46. The number of carbonyl (C=O) groups excluding carboxylic acids is 2. The fraction of sp³-hybridized carbons (Fsp3) is 0.481. The molecule has 3 aliphatic heterocycles. The van der Waals surface area contributed by atoms with Gasteiger partial charge in [0.25, 0.3) is 0 Å². The van der Waals surface area contributed by atoms with Gasteiger partial charge in [0, 0.05) is 30.3 Å². The van der Waals surface area contributed by atoms with Crippen LogP contribution in [0.25, 0.3) is 0 Å². The zero-order valence-corrected chi connectivity index (χ0v) is 21.3. The first-order valence-corrected chi connectivity index (χ1v) is 13.0. The molecule has 3 amide bonds. The summed E-state index contributed by atoms with van der Waals surface area (Å²) in [6, 6.07) is 13.5. The van der Waals surface area contributed by atoms with Crippen molar-refractivity contribution in [3.63, 3.8) is 0 Å². The first-order valence-electron chi connectivity index (χ1n) is 12.6. The van der Waals surface area contributed by atoms with E-state index in [2.05, 4.69) is 17.6 Å². The Bertz CT molecular complexity index is 1190. The lowest BCUT2D eigenvalue weighted by molar-refractivity contribution is -0.285. The maximum atomic E-state index is 13.6. The number of fused-ring (bicyclic) bond motifs is 1. The van der Waals surface area contributed by atoms with Crippen molar-refractivity contribution in [2.24, 2.45) is 5.92 Å². The quantitative estimate of drug-likeness (QED) is 0.587. The van der Waals surface area contributed by atoms with Crippen LogP contribution in [0.15, 0.2) is 42.5 Å². The van der Waals surface area contributed by atoms with Crippen LogP contribution < -0.4 is 10.6 Å². The zero-order valence-electron chi connectivity index (χ0n) is 20.5. The van der Waals surface area contributed by atoms with Gasteiger partial charge in [-0.15, -0.1) is 0 Å². The first-order chi connectivity index (χ1) is 17.4. The molecule has 2 aliphatic carbocycles. The van der Waals surface area contributed by atoms with Gasteiger partial charge in [0.15, 0.2) is 6.23 Å². The maximum Gasteiger partial charge on any atom is 0.318 e. The largest absolute Gasteiger partial charge is 0.341 e. The van der Waals surface area contributed by atoms with Gasteiger partial charge in [0.2, 0.25) is 12.3 Å². The van der Waals surface area contributed by atoms with Gasteiger partial charge in [-0.3, -0.25) is 4.79 Å². The summed E-state index contributed by atoms with van der Waals surface area (Å²) in [6.45, 7) is 2.98. The minimum atomic E-state index is -0.574. The minimum Gasteiger partial charge on any atom is -0.341 e. The Kier molecular flexibility index (Phi) is 5.95. The average Bonchev–Trinajstić information content (AvgIpc) is 3.49. The Labute approximate surface area is 215 Å². The molecule has 2 aromatic rings. The monoisotopic (exact) mass is 510 g/mol. The molecule has 36 heavy (non-hydrogen) atoms. The van der Waals surface area contributed by atoms with Crippen LogP contribution in [0.2, 0.25) is 5.02 Å². The number of amides is 3. The maximum absolute atomic E-state index is 13.6. The average molecular weight is 511 g/mol. The zero-order chi connectivity index (χ0) is 25.0. The molecule has 7 rings (SSSR count). The predicted molar refractivity (Wildman–Crippen MR) is 135 cm³/mol. The summed E-state index contributed by atoms with van der Waals surface area (Å²) in [5, 5.41) is 6.09. The van der Waals surface area contributed by atoms with Crippen molar-refractivity contribution in [2.75, 3.05) is 18.9 Å². The minimum absolute atomic E-state index is 0.0895. The lowest BCUT2D eigenvalue weighted by Gasteiger charge is -2.41. The number of carbonyl (C=O) groups is 2. The second-order valence-electron chi connectivity index (χ2n) is 10.3. The second-order valence-corrected chi connectivity index (χ2v) is 10.7. The molecule has 9 heteroatoms. The van der Waals surface area contributed by atoms with Crippen molar-refractivity contribution in [1.82, 2.24) is 15.1 Å². The molecule has 0 aromatic heterocycles. The number of hydrogen-bond acceptors (Lipinski definition) is 5. The molecule has 2 N–H and O–H groups in total. The Morgan fingerprint density at radius 2 is 2.00 bits per heavy atom. The number of rotatable bonds is 7. The van der Waals surface area contributed by atoms with Gasteiger partial charge in [-0.25, -0.2) is 9.69 Å². The number of halogens is 1. The molecule has 4 fully saturated rings. The van der Waals surface area contributed by atoms with E-state index in [4.69, 9.17) is 21.1 Å². The van der Waals surface area contributed by atoms with Gasteiger partial charge in [-0.1, -0.05) is 29.8 Å². The van der Waals surface area contributed by atoms with E-state index < -0.39 is 12.0 Å². The standard InChI is InChI=1S/C27H31ClN4O4/c1-16(18-5-6-18)31(14-17-3-7-20(28)8-4-17)23(33)15-32-24-27(36-26(32)35-24)12-11-19-13-21(9-10-22(19)27)30-25(34)29-2/h3-4,7-10,13,16,18,24,26H,5-6,11-12,14-15H2,1-2H3,(H2,29,30,34)/t16-,24?,26?,27+/m0/s1.